The Hall–Kier alpha value is -0.120. The van der Waals surface area contributed by atoms with E-state index < -0.39 is 0 Å². The standard InChI is InChI=1S/C17H31NO2/c1-13(2)16-10-17(7-8-19-16)12-18-11-15(20-17)9-14-5-3-4-6-14/h13-16,18H,3-12H2,1-2H3. The van der Waals surface area contributed by atoms with E-state index in [-0.39, 0.29) is 5.60 Å². The Morgan fingerprint density at radius 3 is 2.80 bits per heavy atom. The third-order valence-corrected chi connectivity index (χ3v) is 5.51. The molecule has 2 aliphatic heterocycles. The number of rotatable bonds is 3. The number of hydrogen-bond acceptors (Lipinski definition) is 3. The van der Waals surface area contributed by atoms with Gasteiger partial charge in [-0.2, -0.15) is 0 Å². The van der Waals surface area contributed by atoms with Gasteiger partial charge < -0.3 is 14.8 Å². The third kappa shape index (κ3) is 3.37. The van der Waals surface area contributed by atoms with Crippen LogP contribution in [0.2, 0.25) is 0 Å². The van der Waals surface area contributed by atoms with Crippen molar-refractivity contribution in [3.63, 3.8) is 0 Å². The Kier molecular flexibility index (Phi) is 4.68. The molecule has 2 heterocycles. The van der Waals surface area contributed by atoms with Crippen molar-refractivity contribution in [3.8, 4) is 0 Å². The zero-order valence-electron chi connectivity index (χ0n) is 13.2. The van der Waals surface area contributed by atoms with Gasteiger partial charge >= 0.3 is 0 Å². The first-order valence-corrected chi connectivity index (χ1v) is 8.67. The molecule has 1 aliphatic carbocycles. The summed E-state index contributed by atoms with van der Waals surface area (Å²) in [7, 11) is 0. The van der Waals surface area contributed by atoms with Gasteiger partial charge in [0.15, 0.2) is 0 Å². The minimum atomic E-state index is 0.0503. The molecule has 3 fully saturated rings. The van der Waals surface area contributed by atoms with E-state index in [1.54, 1.807) is 0 Å². The first-order valence-electron chi connectivity index (χ1n) is 8.67. The van der Waals surface area contributed by atoms with Crippen LogP contribution < -0.4 is 5.32 Å². The van der Waals surface area contributed by atoms with Gasteiger partial charge in [-0.1, -0.05) is 39.5 Å². The van der Waals surface area contributed by atoms with Crippen LogP contribution in [-0.4, -0.2) is 37.5 Å². The van der Waals surface area contributed by atoms with E-state index in [0.29, 0.717) is 18.1 Å². The fourth-order valence-electron chi connectivity index (χ4n) is 4.27. The lowest BCUT2D eigenvalue weighted by Crippen LogP contribution is -2.58. The molecular formula is C17H31NO2. The topological polar surface area (TPSA) is 30.5 Å². The molecule has 2 saturated heterocycles. The van der Waals surface area contributed by atoms with Gasteiger partial charge in [-0.3, -0.25) is 0 Å². The quantitative estimate of drug-likeness (QED) is 0.862. The Bertz CT molecular complexity index is 310. The average Bonchev–Trinajstić information content (AvgIpc) is 2.92. The second-order valence-electron chi connectivity index (χ2n) is 7.55. The van der Waals surface area contributed by atoms with E-state index in [1.807, 2.05) is 0 Å². The van der Waals surface area contributed by atoms with Crippen LogP contribution in [0.15, 0.2) is 0 Å². The maximum Gasteiger partial charge on any atom is 0.0857 e. The fourth-order valence-corrected chi connectivity index (χ4v) is 4.27. The van der Waals surface area contributed by atoms with Crippen molar-refractivity contribution in [1.82, 2.24) is 5.32 Å². The highest BCUT2D eigenvalue weighted by Crippen LogP contribution is 2.36. The molecule has 3 nitrogen and oxygen atoms in total. The van der Waals surface area contributed by atoms with Gasteiger partial charge in [0.05, 0.1) is 17.8 Å². The fraction of sp³-hybridized carbons (Fsp3) is 1.00. The highest BCUT2D eigenvalue weighted by Gasteiger charge is 2.43. The maximum absolute atomic E-state index is 6.61. The van der Waals surface area contributed by atoms with Crippen molar-refractivity contribution >= 4 is 0 Å². The predicted octanol–water partition coefficient (Wildman–Crippen LogP) is 3.13. The number of nitrogens with one attached hydrogen (secondary N) is 1. The Labute approximate surface area is 123 Å². The van der Waals surface area contributed by atoms with Crippen LogP contribution in [0, 0.1) is 11.8 Å². The van der Waals surface area contributed by atoms with Crippen LogP contribution in [0.1, 0.15) is 58.8 Å². The van der Waals surface area contributed by atoms with E-state index >= 15 is 0 Å². The number of morpholine rings is 1. The van der Waals surface area contributed by atoms with E-state index in [4.69, 9.17) is 9.47 Å². The van der Waals surface area contributed by atoms with Gasteiger partial charge in [0.25, 0.3) is 0 Å². The average molecular weight is 281 g/mol. The van der Waals surface area contributed by atoms with Gasteiger partial charge in [-0.15, -0.1) is 0 Å². The van der Waals surface area contributed by atoms with Gasteiger partial charge in [-0.25, -0.2) is 0 Å². The second-order valence-corrected chi connectivity index (χ2v) is 7.55. The Balaban J connectivity index is 1.58. The lowest BCUT2D eigenvalue weighted by Gasteiger charge is -2.47. The molecule has 3 rings (SSSR count). The van der Waals surface area contributed by atoms with E-state index in [1.165, 1.54) is 32.1 Å². The zero-order valence-corrected chi connectivity index (χ0v) is 13.2. The molecule has 3 heteroatoms. The molecule has 0 amide bonds. The number of ether oxygens (including phenoxy) is 2. The maximum atomic E-state index is 6.61. The minimum absolute atomic E-state index is 0.0503. The monoisotopic (exact) mass is 281 g/mol. The molecule has 0 aromatic heterocycles. The SMILES string of the molecule is CC(C)C1CC2(CCO1)CNCC(CC1CCCC1)O2. The van der Waals surface area contributed by atoms with Crippen molar-refractivity contribution in [2.24, 2.45) is 11.8 Å². The summed E-state index contributed by atoms with van der Waals surface area (Å²) in [5, 5.41) is 3.65. The summed E-state index contributed by atoms with van der Waals surface area (Å²) in [4.78, 5) is 0. The van der Waals surface area contributed by atoms with Gasteiger partial charge in [0, 0.05) is 32.5 Å². The summed E-state index contributed by atoms with van der Waals surface area (Å²) >= 11 is 0. The molecule has 3 aliphatic rings. The van der Waals surface area contributed by atoms with Crippen LogP contribution in [0.3, 0.4) is 0 Å². The van der Waals surface area contributed by atoms with Crippen molar-refractivity contribution in [2.45, 2.75) is 76.6 Å². The summed E-state index contributed by atoms with van der Waals surface area (Å²) < 4.78 is 12.5. The van der Waals surface area contributed by atoms with Gasteiger partial charge in [0.1, 0.15) is 0 Å². The van der Waals surface area contributed by atoms with Crippen molar-refractivity contribution in [3.05, 3.63) is 0 Å². The molecule has 0 aromatic carbocycles. The smallest absolute Gasteiger partial charge is 0.0857 e. The summed E-state index contributed by atoms with van der Waals surface area (Å²) in [6, 6.07) is 0. The van der Waals surface area contributed by atoms with E-state index in [0.717, 1.165) is 38.5 Å². The van der Waals surface area contributed by atoms with Gasteiger partial charge in [0.2, 0.25) is 0 Å². The second kappa shape index (κ2) is 6.33. The van der Waals surface area contributed by atoms with Crippen LogP contribution in [0.25, 0.3) is 0 Å². The molecule has 3 unspecified atom stereocenters. The molecular weight excluding hydrogens is 250 g/mol. The van der Waals surface area contributed by atoms with E-state index in [2.05, 4.69) is 19.2 Å². The van der Waals surface area contributed by atoms with Gasteiger partial charge in [-0.05, 0) is 18.3 Å². The van der Waals surface area contributed by atoms with Crippen molar-refractivity contribution in [1.29, 1.82) is 0 Å². The lowest BCUT2D eigenvalue weighted by atomic mass is 9.84. The highest BCUT2D eigenvalue weighted by atomic mass is 16.5. The lowest BCUT2D eigenvalue weighted by molar-refractivity contribution is -0.187. The van der Waals surface area contributed by atoms with Crippen molar-refractivity contribution < 1.29 is 9.47 Å². The Morgan fingerprint density at radius 1 is 1.25 bits per heavy atom. The summed E-state index contributed by atoms with van der Waals surface area (Å²) in [5.74, 6) is 1.50. The number of hydrogen-bond donors (Lipinski definition) is 1. The van der Waals surface area contributed by atoms with Crippen LogP contribution >= 0.6 is 0 Å². The first kappa shape index (κ1) is 14.8. The van der Waals surface area contributed by atoms with Crippen LogP contribution in [0.4, 0.5) is 0 Å². The van der Waals surface area contributed by atoms with Crippen molar-refractivity contribution in [2.75, 3.05) is 19.7 Å². The first-order chi connectivity index (χ1) is 9.67. The molecule has 116 valence electrons. The highest BCUT2D eigenvalue weighted by molar-refractivity contribution is 4.95. The molecule has 1 spiro atoms. The molecule has 20 heavy (non-hydrogen) atoms. The molecule has 1 N–H and O–H groups in total. The van der Waals surface area contributed by atoms with Crippen LogP contribution in [0.5, 0.6) is 0 Å². The van der Waals surface area contributed by atoms with Crippen LogP contribution in [-0.2, 0) is 9.47 Å². The zero-order chi connectivity index (χ0) is 14.0. The normalized spacial score (nSPS) is 39.8. The minimum Gasteiger partial charge on any atom is -0.378 e. The van der Waals surface area contributed by atoms with E-state index in [9.17, 15) is 0 Å². The molecule has 3 atom stereocenters. The molecule has 1 saturated carbocycles. The molecule has 0 radical (unpaired) electrons. The molecule has 0 bridgehead atoms. The summed E-state index contributed by atoms with van der Waals surface area (Å²) in [6.07, 6.45) is 9.90. The third-order valence-electron chi connectivity index (χ3n) is 5.51. The summed E-state index contributed by atoms with van der Waals surface area (Å²) in [6.45, 7) is 7.44. The summed E-state index contributed by atoms with van der Waals surface area (Å²) in [5.41, 5.74) is 0.0503. The largest absolute Gasteiger partial charge is 0.378 e. The predicted molar refractivity (Wildman–Crippen MR) is 80.9 cm³/mol. The Morgan fingerprint density at radius 2 is 2.05 bits per heavy atom. The molecule has 0 aromatic rings.